The highest BCUT2D eigenvalue weighted by molar-refractivity contribution is 5.79. The standard InChI is InChI=1S/C15H16N4O/c1-8-18-12-6-9(2-3-14(12)20-8)13-7-17-15(19-13)10-4-11(16)5-10/h2-3,6-7,10-11H,4-5,16H2,1H3,(H,17,19). The van der Waals surface area contributed by atoms with Crippen molar-refractivity contribution in [1.29, 1.82) is 0 Å². The highest BCUT2D eigenvalue weighted by Gasteiger charge is 2.29. The molecule has 0 unspecified atom stereocenters. The maximum absolute atomic E-state index is 5.83. The van der Waals surface area contributed by atoms with Gasteiger partial charge in [0.25, 0.3) is 0 Å². The summed E-state index contributed by atoms with van der Waals surface area (Å²) in [5.74, 6) is 2.21. The summed E-state index contributed by atoms with van der Waals surface area (Å²) in [7, 11) is 0. The van der Waals surface area contributed by atoms with E-state index in [1.165, 1.54) is 0 Å². The van der Waals surface area contributed by atoms with Crippen LogP contribution < -0.4 is 5.73 Å². The first-order chi connectivity index (χ1) is 9.69. The summed E-state index contributed by atoms with van der Waals surface area (Å²) in [6, 6.07) is 6.33. The van der Waals surface area contributed by atoms with E-state index in [4.69, 9.17) is 10.2 Å². The predicted molar refractivity (Wildman–Crippen MR) is 76.3 cm³/mol. The van der Waals surface area contributed by atoms with Crippen molar-refractivity contribution < 1.29 is 4.42 Å². The summed E-state index contributed by atoms with van der Waals surface area (Å²) in [5, 5.41) is 0. The lowest BCUT2D eigenvalue weighted by Crippen LogP contribution is -2.35. The number of aromatic nitrogens is 3. The molecule has 5 nitrogen and oxygen atoms in total. The zero-order valence-electron chi connectivity index (χ0n) is 11.3. The quantitative estimate of drug-likeness (QED) is 0.748. The SMILES string of the molecule is Cc1nc2cc(-c3cnc(C4CC(N)C4)[nH]3)ccc2o1. The van der Waals surface area contributed by atoms with Gasteiger partial charge >= 0.3 is 0 Å². The van der Waals surface area contributed by atoms with Crippen LogP contribution in [-0.2, 0) is 0 Å². The van der Waals surface area contributed by atoms with E-state index in [-0.39, 0.29) is 0 Å². The fourth-order valence-electron chi connectivity index (χ4n) is 2.79. The van der Waals surface area contributed by atoms with Crippen LogP contribution in [-0.4, -0.2) is 21.0 Å². The molecule has 5 heteroatoms. The average Bonchev–Trinajstić information content (AvgIpc) is 2.99. The molecule has 20 heavy (non-hydrogen) atoms. The first kappa shape index (κ1) is 11.7. The molecule has 1 fully saturated rings. The number of hydrogen-bond acceptors (Lipinski definition) is 4. The number of nitrogens with zero attached hydrogens (tertiary/aromatic N) is 2. The number of oxazole rings is 1. The van der Waals surface area contributed by atoms with Crippen LogP contribution in [0.3, 0.4) is 0 Å². The Bertz CT molecular complexity index is 767. The normalized spacial score (nSPS) is 22.1. The molecular formula is C15H16N4O. The molecule has 0 atom stereocenters. The minimum absolute atomic E-state index is 0.336. The first-order valence-electron chi connectivity index (χ1n) is 6.87. The summed E-state index contributed by atoms with van der Waals surface area (Å²) in [4.78, 5) is 12.2. The lowest BCUT2D eigenvalue weighted by atomic mass is 9.80. The minimum Gasteiger partial charge on any atom is -0.441 e. The molecule has 0 spiro atoms. The predicted octanol–water partition coefficient (Wildman–Crippen LogP) is 2.73. The summed E-state index contributed by atoms with van der Waals surface area (Å²) in [5.41, 5.74) is 9.61. The molecule has 4 rings (SSSR count). The number of aryl methyl sites for hydroxylation is 1. The number of benzene rings is 1. The molecule has 102 valence electrons. The minimum atomic E-state index is 0.336. The van der Waals surface area contributed by atoms with E-state index in [9.17, 15) is 0 Å². The first-order valence-corrected chi connectivity index (χ1v) is 6.87. The summed E-state index contributed by atoms with van der Waals surface area (Å²) in [6.07, 6.45) is 3.93. The van der Waals surface area contributed by atoms with Gasteiger partial charge in [0.05, 0.1) is 11.9 Å². The second-order valence-corrected chi connectivity index (χ2v) is 5.53. The van der Waals surface area contributed by atoms with Crippen molar-refractivity contribution in [2.75, 3.05) is 0 Å². The van der Waals surface area contributed by atoms with Crippen molar-refractivity contribution in [3.05, 3.63) is 36.1 Å². The largest absolute Gasteiger partial charge is 0.441 e. The van der Waals surface area contributed by atoms with Crippen molar-refractivity contribution >= 4 is 11.1 Å². The topological polar surface area (TPSA) is 80.7 Å². The highest BCUT2D eigenvalue weighted by atomic mass is 16.3. The zero-order chi connectivity index (χ0) is 13.7. The van der Waals surface area contributed by atoms with Crippen LogP contribution in [0.1, 0.15) is 30.5 Å². The number of rotatable bonds is 2. The fourth-order valence-corrected chi connectivity index (χ4v) is 2.79. The Balaban J connectivity index is 1.68. The zero-order valence-corrected chi connectivity index (χ0v) is 11.3. The molecular weight excluding hydrogens is 252 g/mol. The van der Waals surface area contributed by atoms with Crippen molar-refractivity contribution in [2.24, 2.45) is 5.73 Å². The van der Waals surface area contributed by atoms with Crippen LogP contribution in [0.15, 0.2) is 28.8 Å². The molecule has 2 aromatic heterocycles. The molecule has 1 aliphatic carbocycles. The molecule has 0 aliphatic heterocycles. The second-order valence-electron chi connectivity index (χ2n) is 5.53. The summed E-state index contributed by atoms with van der Waals surface area (Å²) < 4.78 is 5.49. The van der Waals surface area contributed by atoms with Gasteiger partial charge in [0, 0.05) is 24.4 Å². The maximum atomic E-state index is 5.83. The van der Waals surface area contributed by atoms with Gasteiger partial charge in [-0.1, -0.05) is 0 Å². The average molecular weight is 268 g/mol. The number of aromatic amines is 1. The van der Waals surface area contributed by atoms with Gasteiger partial charge in [0.15, 0.2) is 11.5 Å². The van der Waals surface area contributed by atoms with Gasteiger partial charge in [-0.05, 0) is 31.0 Å². The Morgan fingerprint density at radius 3 is 3.00 bits per heavy atom. The van der Waals surface area contributed by atoms with Gasteiger partial charge < -0.3 is 15.1 Å². The monoisotopic (exact) mass is 268 g/mol. The van der Waals surface area contributed by atoms with E-state index >= 15 is 0 Å². The van der Waals surface area contributed by atoms with E-state index in [0.717, 1.165) is 41.0 Å². The van der Waals surface area contributed by atoms with Gasteiger partial charge in [0.2, 0.25) is 0 Å². The van der Waals surface area contributed by atoms with Gasteiger partial charge in [-0.3, -0.25) is 0 Å². The van der Waals surface area contributed by atoms with E-state index in [0.29, 0.717) is 17.9 Å². The van der Waals surface area contributed by atoms with Crippen LogP contribution in [0.4, 0.5) is 0 Å². The molecule has 0 radical (unpaired) electrons. The van der Waals surface area contributed by atoms with Crippen LogP contribution in [0, 0.1) is 6.92 Å². The van der Waals surface area contributed by atoms with Crippen molar-refractivity contribution in [2.45, 2.75) is 31.7 Å². The van der Waals surface area contributed by atoms with E-state index in [2.05, 4.69) is 15.0 Å². The van der Waals surface area contributed by atoms with Crippen LogP contribution >= 0.6 is 0 Å². The molecule has 0 bridgehead atoms. The molecule has 1 aromatic carbocycles. The summed E-state index contributed by atoms with van der Waals surface area (Å²) >= 11 is 0. The van der Waals surface area contributed by atoms with Crippen molar-refractivity contribution in [3.8, 4) is 11.3 Å². The third kappa shape index (κ3) is 1.82. The molecule has 3 N–H and O–H groups in total. The van der Waals surface area contributed by atoms with Crippen molar-refractivity contribution in [1.82, 2.24) is 15.0 Å². The van der Waals surface area contributed by atoms with Gasteiger partial charge in [0.1, 0.15) is 11.3 Å². The number of hydrogen-bond donors (Lipinski definition) is 2. The van der Waals surface area contributed by atoms with E-state index < -0.39 is 0 Å². The molecule has 3 aromatic rings. The van der Waals surface area contributed by atoms with Gasteiger partial charge in [-0.25, -0.2) is 9.97 Å². The number of nitrogens with one attached hydrogen (secondary N) is 1. The van der Waals surface area contributed by atoms with Gasteiger partial charge in [-0.2, -0.15) is 0 Å². The Kier molecular flexibility index (Phi) is 2.44. The third-order valence-corrected chi connectivity index (χ3v) is 3.96. The van der Waals surface area contributed by atoms with Gasteiger partial charge in [-0.15, -0.1) is 0 Å². The number of imidazole rings is 1. The lowest BCUT2D eigenvalue weighted by molar-refractivity contribution is 0.340. The number of fused-ring (bicyclic) bond motifs is 1. The third-order valence-electron chi connectivity index (χ3n) is 3.96. The van der Waals surface area contributed by atoms with Crippen molar-refractivity contribution in [3.63, 3.8) is 0 Å². The Morgan fingerprint density at radius 2 is 2.20 bits per heavy atom. The number of nitrogens with two attached hydrogens (primary N) is 1. The molecule has 0 amide bonds. The number of H-pyrrole nitrogens is 1. The summed E-state index contributed by atoms with van der Waals surface area (Å²) in [6.45, 7) is 1.85. The Morgan fingerprint density at radius 1 is 1.35 bits per heavy atom. The molecule has 1 aliphatic rings. The second kappa shape index (κ2) is 4.18. The maximum Gasteiger partial charge on any atom is 0.192 e. The smallest absolute Gasteiger partial charge is 0.192 e. The molecule has 0 saturated heterocycles. The van der Waals surface area contributed by atoms with Crippen LogP contribution in [0.25, 0.3) is 22.4 Å². The van der Waals surface area contributed by atoms with E-state index in [1.54, 1.807) is 0 Å². The Labute approximate surface area is 116 Å². The van der Waals surface area contributed by atoms with Crippen LogP contribution in [0.2, 0.25) is 0 Å². The van der Waals surface area contributed by atoms with Crippen LogP contribution in [0.5, 0.6) is 0 Å². The molecule has 1 saturated carbocycles. The fraction of sp³-hybridized carbons (Fsp3) is 0.333. The highest BCUT2D eigenvalue weighted by Crippen LogP contribution is 2.35. The molecule has 2 heterocycles. The van der Waals surface area contributed by atoms with E-state index in [1.807, 2.05) is 31.3 Å². The lowest BCUT2D eigenvalue weighted by Gasteiger charge is -2.30. The Hall–Kier alpha value is -2.14.